The molecule has 4 heteroatoms. The van der Waals surface area contributed by atoms with Crippen molar-refractivity contribution in [1.82, 2.24) is 10.2 Å². The molecule has 1 heterocycles. The van der Waals surface area contributed by atoms with E-state index in [0.717, 1.165) is 31.8 Å². The van der Waals surface area contributed by atoms with Gasteiger partial charge in [0.15, 0.2) is 0 Å². The number of hydrogen-bond acceptors (Lipinski definition) is 3. The van der Waals surface area contributed by atoms with Gasteiger partial charge in [-0.2, -0.15) is 0 Å². The molecule has 1 aromatic carbocycles. The molecule has 0 saturated carbocycles. The topological polar surface area (TPSA) is 24.5 Å². The van der Waals surface area contributed by atoms with Gasteiger partial charge in [0.05, 0.1) is 6.61 Å². The molecule has 0 bridgehead atoms. The van der Waals surface area contributed by atoms with Gasteiger partial charge in [-0.1, -0.05) is 12.1 Å². The lowest BCUT2D eigenvalue weighted by Crippen LogP contribution is -2.56. The molecule has 0 aliphatic carbocycles. The maximum absolute atomic E-state index is 12.9. The van der Waals surface area contributed by atoms with Gasteiger partial charge in [-0.3, -0.25) is 4.90 Å². The first-order valence-electron chi connectivity index (χ1n) is 6.40. The van der Waals surface area contributed by atoms with E-state index < -0.39 is 0 Å². The Labute approximate surface area is 108 Å². The van der Waals surface area contributed by atoms with Crippen LogP contribution in [0.1, 0.15) is 12.5 Å². The summed E-state index contributed by atoms with van der Waals surface area (Å²) in [6, 6.07) is 7.62. The van der Waals surface area contributed by atoms with Crippen molar-refractivity contribution in [2.24, 2.45) is 0 Å². The molecule has 100 valence electrons. The third kappa shape index (κ3) is 3.51. The van der Waals surface area contributed by atoms with Crippen molar-refractivity contribution < 1.29 is 9.13 Å². The standard InChI is InChI=1S/C14H21FN2O/c1-11-8-17(14(7-16-11)10-18-2)9-12-3-5-13(15)6-4-12/h3-6,11,14,16H,7-10H2,1-2H3/t11-,14+/m0/s1. The average molecular weight is 252 g/mol. The molecule has 3 nitrogen and oxygen atoms in total. The quantitative estimate of drug-likeness (QED) is 0.881. The summed E-state index contributed by atoms with van der Waals surface area (Å²) >= 11 is 0. The number of methoxy groups -OCH3 is 1. The van der Waals surface area contributed by atoms with E-state index in [9.17, 15) is 4.39 Å². The number of hydrogen-bond donors (Lipinski definition) is 1. The zero-order chi connectivity index (χ0) is 13.0. The van der Waals surface area contributed by atoms with Crippen molar-refractivity contribution in [3.05, 3.63) is 35.6 Å². The van der Waals surface area contributed by atoms with Gasteiger partial charge in [0.2, 0.25) is 0 Å². The van der Waals surface area contributed by atoms with Crippen LogP contribution in [0.15, 0.2) is 24.3 Å². The molecule has 0 unspecified atom stereocenters. The lowest BCUT2D eigenvalue weighted by molar-refractivity contribution is 0.0561. The summed E-state index contributed by atoms with van der Waals surface area (Å²) < 4.78 is 18.1. The largest absolute Gasteiger partial charge is 0.383 e. The van der Waals surface area contributed by atoms with Gasteiger partial charge in [0.25, 0.3) is 0 Å². The van der Waals surface area contributed by atoms with Crippen molar-refractivity contribution in [2.45, 2.75) is 25.6 Å². The van der Waals surface area contributed by atoms with E-state index in [0.29, 0.717) is 12.1 Å². The summed E-state index contributed by atoms with van der Waals surface area (Å²) in [5.41, 5.74) is 1.15. The van der Waals surface area contributed by atoms with Crippen molar-refractivity contribution in [3.8, 4) is 0 Å². The fourth-order valence-corrected chi connectivity index (χ4v) is 2.41. The van der Waals surface area contributed by atoms with Crippen LogP contribution in [0.2, 0.25) is 0 Å². The fraction of sp³-hybridized carbons (Fsp3) is 0.571. The summed E-state index contributed by atoms with van der Waals surface area (Å²) in [6.07, 6.45) is 0. The predicted molar refractivity (Wildman–Crippen MR) is 69.9 cm³/mol. The SMILES string of the molecule is COC[C@H]1CN[C@@H](C)CN1Cc1ccc(F)cc1. The highest BCUT2D eigenvalue weighted by Crippen LogP contribution is 2.13. The number of benzene rings is 1. The normalized spacial score (nSPS) is 25.3. The number of nitrogens with zero attached hydrogens (tertiary/aromatic N) is 1. The Kier molecular flexibility index (Phi) is 4.69. The van der Waals surface area contributed by atoms with Gasteiger partial charge in [-0.05, 0) is 24.6 Å². The van der Waals surface area contributed by atoms with Crippen molar-refractivity contribution in [1.29, 1.82) is 0 Å². The summed E-state index contributed by atoms with van der Waals surface area (Å²) in [5.74, 6) is -0.180. The molecule has 0 radical (unpaired) electrons. The van der Waals surface area contributed by atoms with E-state index in [1.54, 1.807) is 7.11 Å². The Morgan fingerprint density at radius 2 is 2.11 bits per heavy atom. The first-order chi connectivity index (χ1) is 8.69. The number of rotatable bonds is 4. The molecule has 0 amide bonds. The Hall–Kier alpha value is -0.970. The second-order valence-electron chi connectivity index (χ2n) is 4.97. The number of halogens is 1. The highest BCUT2D eigenvalue weighted by molar-refractivity contribution is 5.16. The molecule has 1 aliphatic heterocycles. The smallest absolute Gasteiger partial charge is 0.123 e. The van der Waals surface area contributed by atoms with E-state index in [2.05, 4.69) is 17.1 Å². The van der Waals surface area contributed by atoms with Crippen LogP contribution in [-0.2, 0) is 11.3 Å². The molecule has 1 N–H and O–H groups in total. The summed E-state index contributed by atoms with van der Waals surface area (Å²) in [4.78, 5) is 2.40. The second-order valence-corrected chi connectivity index (χ2v) is 4.97. The van der Waals surface area contributed by atoms with Crippen molar-refractivity contribution >= 4 is 0 Å². The molecule has 1 aliphatic rings. The Morgan fingerprint density at radius 1 is 1.39 bits per heavy atom. The maximum atomic E-state index is 12.9. The average Bonchev–Trinajstić information content (AvgIpc) is 2.36. The van der Waals surface area contributed by atoms with Gasteiger partial charge in [-0.15, -0.1) is 0 Å². The minimum Gasteiger partial charge on any atom is -0.383 e. The van der Waals surface area contributed by atoms with Crippen LogP contribution >= 0.6 is 0 Å². The fourth-order valence-electron chi connectivity index (χ4n) is 2.41. The molecule has 2 rings (SSSR count). The minimum absolute atomic E-state index is 0.180. The van der Waals surface area contributed by atoms with E-state index in [4.69, 9.17) is 4.74 Å². The molecule has 1 saturated heterocycles. The Balaban J connectivity index is 2.01. The van der Waals surface area contributed by atoms with Crippen LogP contribution in [-0.4, -0.2) is 43.8 Å². The van der Waals surface area contributed by atoms with E-state index in [1.807, 2.05) is 12.1 Å². The minimum atomic E-state index is -0.180. The molecule has 0 aromatic heterocycles. The number of ether oxygens (including phenoxy) is 1. The molecular weight excluding hydrogens is 231 g/mol. The lowest BCUT2D eigenvalue weighted by atomic mass is 10.1. The first-order valence-corrected chi connectivity index (χ1v) is 6.40. The highest BCUT2D eigenvalue weighted by Gasteiger charge is 2.25. The van der Waals surface area contributed by atoms with Gasteiger partial charge < -0.3 is 10.1 Å². The van der Waals surface area contributed by atoms with Gasteiger partial charge in [-0.25, -0.2) is 4.39 Å². The predicted octanol–water partition coefficient (Wildman–Crippen LogP) is 1.63. The van der Waals surface area contributed by atoms with Gasteiger partial charge >= 0.3 is 0 Å². The third-order valence-corrected chi connectivity index (χ3v) is 3.38. The Bertz CT molecular complexity index is 369. The van der Waals surface area contributed by atoms with Crippen LogP contribution in [0, 0.1) is 5.82 Å². The van der Waals surface area contributed by atoms with E-state index in [1.165, 1.54) is 12.1 Å². The first kappa shape index (κ1) is 13.5. The van der Waals surface area contributed by atoms with Crippen molar-refractivity contribution in [3.63, 3.8) is 0 Å². The van der Waals surface area contributed by atoms with Crippen LogP contribution in [0.3, 0.4) is 0 Å². The molecule has 18 heavy (non-hydrogen) atoms. The number of piperazine rings is 1. The molecule has 1 aromatic rings. The molecular formula is C14H21FN2O. The molecule has 2 atom stereocenters. The maximum Gasteiger partial charge on any atom is 0.123 e. The third-order valence-electron chi connectivity index (χ3n) is 3.38. The molecule has 0 spiro atoms. The summed E-state index contributed by atoms with van der Waals surface area (Å²) in [6.45, 7) is 5.68. The van der Waals surface area contributed by atoms with Crippen LogP contribution in [0.5, 0.6) is 0 Å². The van der Waals surface area contributed by atoms with E-state index in [-0.39, 0.29) is 5.82 Å². The Morgan fingerprint density at radius 3 is 2.78 bits per heavy atom. The van der Waals surface area contributed by atoms with Gasteiger partial charge in [0.1, 0.15) is 5.82 Å². The zero-order valence-corrected chi connectivity index (χ0v) is 11.0. The summed E-state index contributed by atoms with van der Waals surface area (Å²) in [5, 5.41) is 3.46. The zero-order valence-electron chi connectivity index (χ0n) is 11.0. The lowest BCUT2D eigenvalue weighted by Gasteiger charge is -2.39. The van der Waals surface area contributed by atoms with Crippen LogP contribution in [0.4, 0.5) is 4.39 Å². The molecule has 1 fully saturated rings. The number of nitrogens with one attached hydrogen (secondary N) is 1. The van der Waals surface area contributed by atoms with Crippen LogP contribution in [0.25, 0.3) is 0 Å². The monoisotopic (exact) mass is 252 g/mol. The van der Waals surface area contributed by atoms with Gasteiger partial charge in [0, 0.05) is 38.8 Å². The van der Waals surface area contributed by atoms with Crippen LogP contribution < -0.4 is 5.32 Å². The van der Waals surface area contributed by atoms with E-state index >= 15 is 0 Å². The second kappa shape index (κ2) is 6.27. The summed E-state index contributed by atoms with van der Waals surface area (Å²) in [7, 11) is 1.73. The highest BCUT2D eigenvalue weighted by atomic mass is 19.1. The van der Waals surface area contributed by atoms with Crippen molar-refractivity contribution in [2.75, 3.05) is 26.8 Å².